The normalized spacial score (nSPS) is 13.9. The van der Waals surface area contributed by atoms with Crippen LogP contribution < -0.4 is 16.4 Å². The van der Waals surface area contributed by atoms with Gasteiger partial charge in [0.2, 0.25) is 0 Å². The highest BCUT2D eigenvalue weighted by atomic mass is 79.9. The van der Waals surface area contributed by atoms with Crippen molar-refractivity contribution in [1.29, 1.82) is 0 Å². The zero-order chi connectivity index (χ0) is 22.1. The second-order valence-corrected chi connectivity index (χ2v) is 9.06. The number of hydrogen-bond acceptors (Lipinski definition) is 5. The number of halogens is 2. The average Bonchev–Trinajstić information content (AvgIpc) is 3.51. The number of nitrogens with zero attached hydrogens (tertiary/aromatic N) is 1. The number of nitrogens with one attached hydrogen (secondary N) is 2. The summed E-state index contributed by atoms with van der Waals surface area (Å²) in [5.74, 6) is -0.718. The molecule has 9 heteroatoms. The third-order valence-corrected chi connectivity index (χ3v) is 5.39. The number of carbonyl (C=O) groups excluding carboxylic acids is 1. The predicted octanol–water partition coefficient (Wildman–Crippen LogP) is 3.64. The van der Waals surface area contributed by atoms with E-state index in [-0.39, 0.29) is 29.1 Å². The molecule has 0 bridgehead atoms. The van der Waals surface area contributed by atoms with Crippen molar-refractivity contribution in [3.63, 3.8) is 0 Å². The van der Waals surface area contributed by atoms with Gasteiger partial charge in [0.15, 0.2) is 0 Å². The SMILES string of the molecule is Cc1c(Nc2ccc(Br)cc2F)c(C(=O)NOC(C)(C)CO)cn(CC2CC2)c1=O. The van der Waals surface area contributed by atoms with Gasteiger partial charge in [-0.1, -0.05) is 15.9 Å². The van der Waals surface area contributed by atoms with E-state index in [0.29, 0.717) is 22.5 Å². The molecule has 1 heterocycles. The Labute approximate surface area is 182 Å². The van der Waals surface area contributed by atoms with E-state index in [2.05, 4.69) is 26.7 Å². The number of aliphatic hydroxyl groups excluding tert-OH is 1. The molecule has 162 valence electrons. The van der Waals surface area contributed by atoms with Crippen LogP contribution in [0.2, 0.25) is 0 Å². The van der Waals surface area contributed by atoms with Crippen molar-refractivity contribution in [2.75, 3.05) is 11.9 Å². The number of benzene rings is 1. The maximum absolute atomic E-state index is 14.4. The van der Waals surface area contributed by atoms with E-state index in [4.69, 9.17) is 4.84 Å². The third kappa shape index (κ3) is 5.27. The Balaban J connectivity index is 2.01. The fourth-order valence-electron chi connectivity index (χ4n) is 2.85. The largest absolute Gasteiger partial charge is 0.393 e. The Morgan fingerprint density at radius 3 is 2.70 bits per heavy atom. The van der Waals surface area contributed by atoms with Gasteiger partial charge in [0.1, 0.15) is 11.4 Å². The Hall–Kier alpha value is -2.23. The molecule has 1 aromatic carbocycles. The van der Waals surface area contributed by atoms with Crippen molar-refractivity contribution in [1.82, 2.24) is 10.0 Å². The first kappa shape index (κ1) is 22.5. The van der Waals surface area contributed by atoms with Gasteiger partial charge in [-0.2, -0.15) is 0 Å². The number of hydroxylamine groups is 1. The zero-order valence-electron chi connectivity index (χ0n) is 17.1. The van der Waals surface area contributed by atoms with Crippen LogP contribution in [0.4, 0.5) is 15.8 Å². The number of hydrogen-bond donors (Lipinski definition) is 3. The van der Waals surface area contributed by atoms with E-state index < -0.39 is 17.3 Å². The number of aliphatic hydroxyl groups is 1. The lowest BCUT2D eigenvalue weighted by Crippen LogP contribution is -2.39. The molecule has 0 saturated heterocycles. The standard InChI is InChI=1S/C21H25BrFN3O4/c1-12-18(24-17-7-6-14(22)8-16(17)23)15(19(28)25-30-21(2,3)11-27)10-26(20(12)29)9-13-4-5-13/h6-8,10,13,24,27H,4-5,9,11H2,1-3H3,(H,25,28). The van der Waals surface area contributed by atoms with Crippen LogP contribution in [0.15, 0.2) is 33.7 Å². The first-order valence-corrected chi connectivity index (χ1v) is 10.5. The number of aromatic nitrogens is 1. The lowest BCUT2D eigenvalue weighted by atomic mass is 10.1. The zero-order valence-corrected chi connectivity index (χ0v) is 18.7. The number of amides is 1. The van der Waals surface area contributed by atoms with Gasteiger partial charge in [-0.15, -0.1) is 0 Å². The first-order chi connectivity index (χ1) is 14.1. The maximum atomic E-state index is 14.4. The molecule has 0 radical (unpaired) electrons. The minimum atomic E-state index is -0.988. The molecular weight excluding hydrogens is 457 g/mol. The van der Waals surface area contributed by atoms with Gasteiger partial charge >= 0.3 is 0 Å². The second kappa shape index (κ2) is 8.87. The molecule has 1 aliphatic carbocycles. The van der Waals surface area contributed by atoms with E-state index in [0.717, 1.165) is 12.8 Å². The third-order valence-electron chi connectivity index (χ3n) is 4.90. The maximum Gasteiger partial charge on any atom is 0.278 e. The summed E-state index contributed by atoms with van der Waals surface area (Å²) >= 11 is 3.21. The van der Waals surface area contributed by atoms with Crippen LogP contribution in [0.1, 0.15) is 42.6 Å². The monoisotopic (exact) mass is 481 g/mol. The fraction of sp³-hybridized carbons (Fsp3) is 0.429. The van der Waals surface area contributed by atoms with Crippen molar-refractivity contribution >= 4 is 33.2 Å². The number of rotatable bonds is 8. The topological polar surface area (TPSA) is 92.6 Å². The Kier molecular flexibility index (Phi) is 6.64. The Bertz CT molecular complexity index is 1020. The van der Waals surface area contributed by atoms with Gasteiger partial charge in [0, 0.05) is 22.8 Å². The van der Waals surface area contributed by atoms with Gasteiger partial charge in [0.05, 0.1) is 23.5 Å². The molecule has 1 fully saturated rings. The summed E-state index contributed by atoms with van der Waals surface area (Å²) in [5, 5.41) is 12.2. The summed E-state index contributed by atoms with van der Waals surface area (Å²) in [6, 6.07) is 4.46. The second-order valence-electron chi connectivity index (χ2n) is 8.14. The van der Waals surface area contributed by atoms with Crippen molar-refractivity contribution < 1.29 is 19.1 Å². The Morgan fingerprint density at radius 1 is 1.40 bits per heavy atom. The highest BCUT2D eigenvalue weighted by Crippen LogP contribution is 2.31. The van der Waals surface area contributed by atoms with Crippen LogP contribution in [0.3, 0.4) is 0 Å². The molecule has 1 amide bonds. The van der Waals surface area contributed by atoms with Crippen molar-refractivity contribution in [3.05, 3.63) is 56.2 Å². The summed E-state index contributed by atoms with van der Waals surface area (Å²) in [4.78, 5) is 31.0. The number of pyridine rings is 1. The van der Waals surface area contributed by atoms with Gasteiger partial charge in [-0.05, 0) is 57.7 Å². The van der Waals surface area contributed by atoms with E-state index >= 15 is 0 Å². The smallest absolute Gasteiger partial charge is 0.278 e. The van der Waals surface area contributed by atoms with Crippen LogP contribution in [0.25, 0.3) is 0 Å². The van der Waals surface area contributed by atoms with Gasteiger partial charge in [-0.25, -0.2) is 9.87 Å². The fourth-order valence-corrected chi connectivity index (χ4v) is 3.18. The van der Waals surface area contributed by atoms with Crippen molar-refractivity contribution in [3.8, 4) is 0 Å². The molecule has 0 atom stereocenters. The first-order valence-electron chi connectivity index (χ1n) is 9.66. The van der Waals surface area contributed by atoms with Crippen molar-refractivity contribution in [2.24, 2.45) is 5.92 Å². The van der Waals surface area contributed by atoms with Crippen LogP contribution in [-0.4, -0.2) is 27.8 Å². The van der Waals surface area contributed by atoms with E-state index in [9.17, 15) is 19.1 Å². The molecule has 3 rings (SSSR count). The summed E-state index contributed by atoms with van der Waals surface area (Å²) in [5.41, 5.74) is 1.88. The lowest BCUT2D eigenvalue weighted by Gasteiger charge is -2.23. The summed E-state index contributed by atoms with van der Waals surface area (Å²) in [6.45, 7) is 5.05. The van der Waals surface area contributed by atoms with Crippen LogP contribution in [0.5, 0.6) is 0 Å². The molecule has 0 spiro atoms. The summed E-state index contributed by atoms with van der Waals surface area (Å²) in [7, 11) is 0. The highest BCUT2D eigenvalue weighted by molar-refractivity contribution is 9.10. The van der Waals surface area contributed by atoms with Crippen LogP contribution >= 0.6 is 15.9 Å². The predicted molar refractivity (Wildman–Crippen MR) is 115 cm³/mol. The molecule has 0 unspecified atom stereocenters. The molecule has 1 saturated carbocycles. The van der Waals surface area contributed by atoms with Crippen LogP contribution in [0, 0.1) is 18.7 Å². The van der Waals surface area contributed by atoms with Gasteiger partial charge in [0.25, 0.3) is 11.5 Å². The number of anilines is 2. The molecule has 30 heavy (non-hydrogen) atoms. The van der Waals surface area contributed by atoms with E-state index in [1.165, 1.54) is 22.9 Å². The van der Waals surface area contributed by atoms with Gasteiger partial charge in [-0.3, -0.25) is 14.4 Å². The van der Waals surface area contributed by atoms with Gasteiger partial charge < -0.3 is 15.0 Å². The molecule has 7 nitrogen and oxygen atoms in total. The lowest BCUT2D eigenvalue weighted by molar-refractivity contribution is -0.0956. The molecule has 1 aromatic heterocycles. The quantitative estimate of drug-likeness (QED) is 0.500. The van der Waals surface area contributed by atoms with E-state index in [1.807, 2.05) is 0 Å². The Morgan fingerprint density at radius 2 is 2.10 bits per heavy atom. The minimum Gasteiger partial charge on any atom is -0.393 e. The molecular formula is C21H25BrFN3O4. The summed E-state index contributed by atoms with van der Waals surface area (Å²) in [6.07, 6.45) is 3.56. The minimum absolute atomic E-state index is 0.131. The molecule has 0 aliphatic heterocycles. The van der Waals surface area contributed by atoms with Crippen molar-refractivity contribution in [2.45, 2.75) is 45.8 Å². The van der Waals surface area contributed by atoms with E-state index in [1.54, 1.807) is 26.8 Å². The highest BCUT2D eigenvalue weighted by Gasteiger charge is 2.26. The molecule has 1 aliphatic rings. The molecule has 3 N–H and O–H groups in total. The average molecular weight is 482 g/mol. The summed E-state index contributed by atoms with van der Waals surface area (Å²) < 4.78 is 16.5. The van der Waals surface area contributed by atoms with Crippen LogP contribution in [-0.2, 0) is 11.4 Å². The molecule has 2 aromatic rings. The number of carbonyl (C=O) groups is 1.